The van der Waals surface area contributed by atoms with E-state index in [-0.39, 0.29) is 36.0 Å². The van der Waals surface area contributed by atoms with Crippen LogP contribution in [0.1, 0.15) is 34.8 Å². The zero-order valence-corrected chi connectivity index (χ0v) is 30.4. The van der Waals surface area contributed by atoms with Crippen molar-refractivity contribution in [1.82, 2.24) is 0 Å². The van der Waals surface area contributed by atoms with E-state index in [1.165, 1.54) is 5.19 Å². The topological polar surface area (TPSA) is 97.3 Å². The Hall–Kier alpha value is -3.96. The van der Waals surface area contributed by atoms with Crippen molar-refractivity contribution in [2.45, 2.75) is 50.2 Å². The Morgan fingerprint density at radius 2 is 1.65 bits per heavy atom. The van der Waals surface area contributed by atoms with Crippen LogP contribution in [0.2, 0.25) is 18.6 Å². The van der Waals surface area contributed by atoms with E-state index in [0.29, 0.717) is 30.0 Å². The third-order valence-corrected chi connectivity index (χ3v) is 14.9. The van der Waals surface area contributed by atoms with Gasteiger partial charge in [0.05, 0.1) is 40.6 Å². The van der Waals surface area contributed by atoms with Gasteiger partial charge < -0.3 is 29.5 Å². The zero-order valence-electron chi connectivity index (χ0n) is 27.8. The lowest BCUT2D eigenvalue weighted by atomic mass is 9.82. The molecule has 8 nitrogen and oxygen atoms in total. The van der Waals surface area contributed by atoms with E-state index in [0.717, 1.165) is 27.0 Å². The molecule has 0 saturated carbocycles. The number of carbonyl (C=O) groups excluding carboxylic acids is 2. The van der Waals surface area contributed by atoms with Crippen LogP contribution in [0.5, 0.6) is 11.5 Å². The minimum Gasteiger partial charge on any atom is -0.497 e. The van der Waals surface area contributed by atoms with Gasteiger partial charge in [-0.3, -0.25) is 9.59 Å². The molecule has 0 radical (unpaired) electrons. The van der Waals surface area contributed by atoms with Gasteiger partial charge in [-0.2, -0.15) is 0 Å². The van der Waals surface area contributed by atoms with Crippen LogP contribution in [0.15, 0.2) is 95.5 Å². The molecule has 2 N–H and O–H groups in total. The van der Waals surface area contributed by atoms with Crippen LogP contribution >= 0.6 is 15.9 Å². The predicted octanol–water partition coefficient (Wildman–Crippen LogP) is 6.86. The van der Waals surface area contributed by atoms with E-state index in [2.05, 4.69) is 53.4 Å². The minimum absolute atomic E-state index is 0.0324. The molecule has 2 amide bonds. The molecule has 4 atom stereocenters. The Kier molecular flexibility index (Phi) is 9.54. The number of rotatable bonds is 10. The molecule has 4 aromatic carbocycles. The number of hydrogen-bond acceptors (Lipinski definition) is 6. The number of nitrogens with one attached hydrogen (secondary N) is 1. The number of anilines is 2. The fourth-order valence-electron chi connectivity index (χ4n) is 7.72. The molecule has 250 valence electrons. The van der Waals surface area contributed by atoms with Gasteiger partial charge in [0.15, 0.2) is 5.60 Å². The molecular weight excluding hydrogens is 688 g/mol. The van der Waals surface area contributed by atoms with Crippen molar-refractivity contribution in [3.63, 3.8) is 0 Å². The average molecular weight is 730 g/mol. The third kappa shape index (κ3) is 5.95. The molecule has 48 heavy (non-hydrogen) atoms. The quantitative estimate of drug-likeness (QED) is 0.173. The molecule has 2 aliphatic heterocycles. The van der Waals surface area contributed by atoms with Crippen LogP contribution < -0.4 is 24.9 Å². The van der Waals surface area contributed by atoms with Crippen molar-refractivity contribution in [3.05, 3.63) is 112 Å². The number of hydrogen-bond donors (Lipinski definition) is 2. The normalized spacial score (nSPS) is 21.8. The van der Waals surface area contributed by atoms with Gasteiger partial charge in [-0.25, -0.2) is 0 Å². The highest BCUT2D eigenvalue weighted by atomic mass is 79.9. The van der Waals surface area contributed by atoms with E-state index in [1.54, 1.807) is 38.5 Å². The van der Waals surface area contributed by atoms with Gasteiger partial charge in [0.1, 0.15) is 11.5 Å². The summed E-state index contributed by atoms with van der Waals surface area (Å²) in [5.74, 6) is 0.959. The molecule has 0 bridgehead atoms. The number of amides is 2. The highest BCUT2D eigenvalue weighted by Crippen LogP contribution is 2.60. The van der Waals surface area contributed by atoms with Gasteiger partial charge in [-0.15, -0.1) is 0 Å². The van der Waals surface area contributed by atoms with Crippen molar-refractivity contribution in [2.24, 2.45) is 5.92 Å². The lowest BCUT2D eigenvalue weighted by Crippen LogP contribution is -2.51. The molecule has 10 heteroatoms. The number of nitrogens with zero attached hydrogens (tertiary/aromatic N) is 1. The van der Waals surface area contributed by atoms with Gasteiger partial charge in [0, 0.05) is 33.8 Å². The van der Waals surface area contributed by atoms with E-state index in [4.69, 9.17) is 14.2 Å². The highest BCUT2D eigenvalue weighted by Gasteiger charge is 2.66. The molecule has 2 heterocycles. The van der Waals surface area contributed by atoms with E-state index >= 15 is 0 Å². The van der Waals surface area contributed by atoms with Crippen LogP contribution in [-0.4, -0.2) is 51.9 Å². The number of methoxy groups -OCH3 is 2. The number of fused-ring (bicyclic) bond motifs is 2. The number of carbonyl (C=O) groups is 2. The van der Waals surface area contributed by atoms with Crippen LogP contribution in [0.3, 0.4) is 0 Å². The molecule has 0 aliphatic carbocycles. The van der Waals surface area contributed by atoms with Gasteiger partial charge in [-0.05, 0) is 84.3 Å². The van der Waals surface area contributed by atoms with Crippen LogP contribution in [0, 0.1) is 5.92 Å². The highest BCUT2D eigenvalue weighted by molar-refractivity contribution is 9.10. The number of aliphatic hydroxyl groups excluding tert-OH is 1. The van der Waals surface area contributed by atoms with Gasteiger partial charge >= 0.3 is 0 Å². The Morgan fingerprint density at radius 3 is 2.29 bits per heavy atom. The van der Waals surface area contributed by atoms with Gasteiger partial charge in [0.2, 0.25) is 0 Å². The van der Waals surface area contributed by atoms with Gasteiger partial charge in [-0.1, -0.05) is 65.4 Å². The van der Waals surface area contributed by atoms with E-state index < -0.39 is 13.7 Å². The Morgan fingerprint density at radius 1 is 0.979 bits per heavy atom. The zero-order chi connectivity index (χ0) is 34.2. The maximum Gasteiger partial charge on any atom is 0.264 e. The summed E-state index contributed by atoms with van der Waals surface area (Å²) >= 11 is 3.66. The Bertz CT molecular complexity index is 1820. The lowest BCUT2D eigenvalue weighted by Gasteiger charge is -2.37. The smallest absolute Gasteiger partial charge is 0.264 e. The standard InChI is InChI=1S/C38H41BrN2O6Si/c1-24-35(48(4,5)31-16-14-30(46-3)15-17-31)34(19-20-42)47-38(24)32-22-27(39)11-18-33(32)41(37(38)44)23-25-7-6-8-28(21-25)40-36(43)26-9-12-29(45-2)13-10-26/h6-18,21-22,24,34-35,42H,19-20,23H2,1-5H3,(H,40,43)/t24-,34+,35-,38+/m1/s1. The molecule has 0 unspecified atom stereocenters. The van der Waals surface area contributed by atoms with E-state index in [1.807, 2.05) is 59.5 Å². The molecule has 6 rings (SSSR count). The molecule has 4 aromatic rings. The first-order valence-electron chi connectivity index (χ1n) is 16.1. The summed E-state index contributed by atoms with van der Waals surface area (Å²) in [5, 5.41) is 14.4. The Labute approximate surface area is 291 Å². The molecule has 2 aliphatic rings. The van der Waals surface area contributed by atoms with E-state index in [9.17, 15) is 14.7 Å². The van der Waals surface area contributed by atoms with Crippen LogP contribution in [0.25, 0.3) is 0 Å². The first kappa shape index (κ1) is 33.9. The van der Waals surface area contributed by atoms with Crippen LogP contribution in [-0.2, 0) is 21.7 Å². The maximum atomic E-state index is 14.9. The predicted molar refractivity (Wildman–Crippen MR) is 194 cm³/mol. The largest absolute Gasteiger partial charge is 0.497 e. The number of ether oxygens (including phenoxy) is 3. The second kappa shape index (κ2) is 13.5. The molecule has 0 aromatic heterocycles. The van der Waals surface area contributed by atoms with Crippen molar-refractivity contribution >= 4 is 52.4 Å². The fraction of sp³-hybridized carbons (Fsp3) is 0.316. The lowest BCUT2D eigenvalue weighted by molar-refractivity contribution is -0.146. The van der Waals surface area contributed by atoms with Crippen LogP contribution in [0.4, 0.5) is 11.4 Å². The number of benzene rings is 4. The molecule has 1 spiro atoms. The SMILES string of the molecule is COc1ccc(C(=O)Nc2cccc(CN3C(=O)[C@@]4(O[C@@H](CCO)[C@H]([Si](C)(C)c5ccc(OC)cc5)[C@H]4C)c4cc(Br)ccc43)c2)cc1. The van der Waals surface area contributed by atoms with Crippen molar-refractivity contribution in [2.75, 3.05) is 31.0 Å². The first-order chi connectivity index (χ1) is 23.0. The third-order valence-electron chi connectivity index (χ3n) is 10.1. The molecular formula is C38H41BrN2O6Si. The number of aliphatic hydroxyl groups is 1. The summed E-state index contributed by atoms with van der Waals surface area (Å²) in [6.45, 7) is 7.06. The Balaban J connectivity index is 1.32. The van der Waals surface area contributed by atoms with Gasteiger partial charge in [0.25, 0.3) is 11.8 Å². The number of halogens is 1. The summed E-state index contributed by atoms with van der Waals surface area (Å²) in [6.07, 6.45) is 0.136. The summed E-state index contributed by atoms with van der Waals surface area (Å²) in [6, 6.07) is 28.7. The fourth-order valence-corrected chi connectivity index (χ4v) is 12.1. The minimum atomic E-state index is -2.28. The second-order valence-electron chi connectivity index (χ2n) is 13.1. The van der Waals surface area contributed by atoms with Crippen molar-refractivity contribution in [1.29, 1.82) is 0 Å². The molecule has 1 saturated heterocycles. The monoisotopic (exact) mass is 728 g/mol. The summed E-state index contributed by atoms with van der Waals surface area (Å²) < 4.78 is 18.5. The summed E-state index contributed by atoms with van der Waals surface area (Å²) in [4.78, 5) is 29.7. The molecule has 1 fully saturated rings. The summed E-state index contributed by atoms with van der Waals surface area (Å²) in [7, 11) is 0.967. The first-order valence-corrected chi connectivity index (χ1v) is 20.0. The average Bonchev–Trinajstić information content (AvgIpc) is 3.51. The maximum absolute atomic E-state index is 14.9. The van der Waals surface area contributed by atoms with Crippen molar-refractivity contribution in [3.8, 4) is 11.5 Å². The second-order valence-corrected chi connectivity index (χ2v) is 18.7. The van der Waals surface area contributed by atoms with Crippen molar-refractivity contribution < 1.29 is 28.9 Å². The summed E-state index contributed by atoms with van der Waals surface area (Å²) in [5.41, 5.74) is 2.48.